The molecule has 0 aliphatic carbocycles. The molecule has 4 nitrogen and oxygen atoms in total. The molecular formula is C27H30N4S. The number of thiocarbonyl (C=S) groups is 1. The Morgan fingerprint density at radius 2 is 1.34 bits per heavy atom. The molecule has 0 spiro atoms. The van der Waals surface area contributed by atoms with Crippen molar-refractivity contribution in [1.29, 1.82) is 5.26 Å². The molecular weight excluding hydrogens is 412 g/mol. The fraction of sp³-hybridized carbons (Fsp3) is 0.259. The van der Waals surface area contributed by atoms with Gasteiger partial charge in [-0.15, -0.1) is 0 Å². The molecule has 3 aromatic rings. The first-order valence-corrected chi connectivity index (χ1v) is 11.5. The van der Waals surface area contributed by atoms with Gasteiger partial charge in [-0.25, -0.2) is 0 Å². The van der Waals surface area contributed by atoms with Crippen LogP contribution in [0.5, 0.6) is 0 Å². The van der Waals surface area contributed by atoms with E-state index < -0.39 is 0 Å². The van der Waals surface area contributed by atoms with Crippen molar-refractivity contribution in [3.63, 3.8) is 0 Å². The first-order chi connectivity index (χ1) is 15.6. The SMILES string of the molecule is CCC(CC)NC(c1ccccc1)C(NC(=S)Nc1ccc(C#N)cc1)c1ccccc1. The summed E-state index contributed by atoms with van der Waals surface area (Å²) in [5.74, 6) is 0. The normalized spacial score (nSPS) is 12.6. The lowest BCUT2D eigenvalue weighted by Crippen LogP contribution is -2.43. The molecule has 3 N–H and O–H groups in total. The van der Waals surface area contributed by atoms with Crippen molar-refractivity contribution in [2.75, 3.05) is 5.32 Å². The van der Waals surface area contributed by atoms with Gasteiger partial charge in [0, 0.05) is 11.7 Å². The van der Waals surface area contributed by atoms with Crippen molar-refractivity contribution in [2.45, 2.75) is 44.8 Å². The van der Waals surface area contributed by atoms with E-state index in [0.717, 1.165) is 24.1 Å². The van der Waals surface area contributed by atoms with Gasteiger partial charge in [-0.1, -0.05) is 74.5 Å². The van der Waals surface area contributed by atoms with Crippen molar-refractivity contribution in [1.82, 2.24) is 10.6 Å². The van der Waals surface area contributed by atoms with Crippen molar-refractivity contribution >= 4 is 23.0 Å². The predicted octanol–water partition coefficient (Wildman–Crippen LogP) is 6.11. The van der Waals surface area contributed by atoms with Gasteiger partial charge in [0.15, 0.2) is 5.11 Å². The summed E-state index contributed by atoms with van der Waals surface area (Å²) >= 11 is 5.70. The Kier molecular flexibility index (Phi) is 8.79. The minimum absolute atomic E-state index is 0.0317. The third-order valence-corrected chi connectivity index (χ3v) is 5.83. The molecule has 0 amide bonds. The van der Waals surface area contributed by atoms with E-state index in [9.17, 15) is 0 Å². The van der Waals surface area contributed by atoms with E-state index in [0.29, 0.717) is 16.7 Å². The van der Waals surface area contributed by atoms with Gasteiger partial charge in [-0.2, -0.15) is 5.26 Å². The molecule has 32 heavy (non-hydrogen) atoms. The van der Waals surface area contributed by atoms with Crippen LogP contribution < -0.4 is 16.0 Å². The summed E-state index contributed by atoms with van der Waals surface area (Å²) in [5.41, 5.74) is 3.83. The lowest BCUT2D eigenvalue weighted by atomic mass is 9.92. The van der Waals surface area contributed by atoms with E-state index in [1.807, 2.05) is 24.3 Å². The number of nitrogens with one attached hydrogen (secondary N) is 3. The molecule has 0 aromatic heterocycles. The Hall–Kier alpha value is -3.20. The number of anilines is 1. The Bertz CT molecular complexity index is 1010. The van der Waals surface area contributed by atoms with Crippen LogP contribution in [-0.2, 0) is 0 Å². The molecule has 0 radical (unpaired) electrons. The van der Waals surface area contributed by atoms with E-state index in [2.05, 4.69) is 84.4 Å². The average molecular weight is 443 g/mol. The van der Waals surface area contributed by atoms with E-state index in [-0.39, 0.29) is 12.1 Å². The van der Waals surface area contributed by atoms with Gasteiger partial charge >= 0.3 is 0 Å². The number of rotatable bonds is 9. The standard InChI is InChI=1S/C27H30N4S/c1-3-23(4-2)29-25(21-11-7-5-8-12-21)26(22-13-9-6-10-14-22)31-27(32)30-24-17-15-20(19-28)16-18-24/h5-18,23,25-26,29H,3-4H2,1-2H3,(H2,30,31,32). The van der Waals surface area contributed by atoms with Crippen molar-refractivity contribution in [3.05, 3.63) is 102 Å². The fourth-order valence-electron chi connectivity index (χ4n) is 3.78. The maximum Gasteiger partial charge on any atom is 0.171 e. The van der Waals surface area contributed by atoms with E-state index in [1.165, 1.54) is 5.56 Å². The van der Waals surface area contributed by atoms with Crippen LogP contribution in [0.15, 0.2) is 84.9 Å². The number of nitrogens with zero attached hydrogens (tertiary/aromatic N) is 1. The Morgan fingerprint density at radius 1 is 0.812 bits per heavy atom. The summed E-state index contributed by atoms with van der Waals surface area (Å²) in [6, 6.07) is 30.7. The first-order valence-electron chi connectivity index (χ1n) is 11.1. The molecule has 5 heteroatoms. The molecule has 3 aromatic carbocycles. The van der Waals surface area contributed by atoms with Crippen LogP contribution in [0.25, 0.3) is 0 Å². The monoisotopic (exact) mass is 442 g/mol. The van der Waals surface area contributed by atoms with Crippen molar-refractivity contribution in [3.8, 4) is 6.07 Å². The van der Waals surface area contributed by atoms with Gasteiger partial charge in [0.25, 0.3) is 0 Å². The molecule has 0 saturated carbocycles. The van der Waals surface area contributed by atoms with Gasteiger partial charge in [-0.3, -0.25) is 0 Å². The molecule has 164 valence electrons. The average Bonchev–Trinajstić information content (AvgIpc) is 2.85. The Labute approximate surface area is 196 Å². The molecule has 2 atom stereocenters. The lowest BCUT2D eigenvalue weighted by Gasteiger charge is -2.33. The van der Waals surface area contributed by atoms with Crippen LogP contribution in [0.3, 0.4) is 0 Å². The zero-order valence-electron chi connectivity index (χ0n) is 18.6. The zero-order chi connectivity index (χ0) is 22.8. The van der Waals surface area contributed by atoms with Crippen LogP contribution in [0.4, 0.5) is 5.69 Å². The second kappa shape index (κ2) is 12.0. The van der Waals surface area contributed by atoms with E-state index in [1.54, 1.807) is 12.1 Å². The smallest absolute Gasteiger partial charge is 0.171 e. The summed E-state index contributed by atoms with van der Waals surface area (Å²) < 4.78 is 0. The molecule has 3 rings (SSSR count). The van der Waals surface area contributed by atoms with Crippen molar-refractivity contribution in [2.24, 2.45) is 0 Å². The van der Waals surface area contributed by atoms with Gasteiger partial charge in [0.1, 0.15) is 0 Å². The number of nitriles is 1. The van der Waals surface area contributed by atoms with Gasteiger partial charge in [-0.05, 0) is 60.5 Å². The number of benzene rings is 3. The topological polar surface area (TPSA) is 59.9 Å². The molecule has 0 bridgehead atoms. The lowest BCUT2D eigenvalue weighted by molar-refractivity contribution is 0.357. The minimum atomic E-state index is -0.0717. The van der Waals surface area contributed by atoms with E-state index >= 15 is 0 Å². The van der Waals surface area contributed by atoms with Crippen LogP contribution in [-0.4, -0.2) is 11.2 Å². The second-order valence-electron chi connectivity index (χ2n) is 7.74. The summed E-state index contributed by atoms with van der Waals surface area (Å²) in [5, 5.41) is 20.2. The third-order valence-electron chi connectivity index (χ3n) is 5.61. The summed E-state index contributed by atoms with van der Waals surface area (Å²) in [7, 11) is 0. The van der Waals surface area contributed by atoms with Gasteiger partial charge < -0.3 is 16.0 Å². The molecule has 0 aliphatic rings. The van der Waals surface area contributed by atoms with Crippen molar-refractivity contribution < 1.29 is 0 Å². The highest BCUT2D eigenvalue weighted by atomic mass is 32.1. The molecule has 0 saturated heterocycles. The molecule has 2 unspecified atom stereocenters. The largest absolute Gasteiger partial charge is 0.354 e. The van der Waals surface area contributed by atoms with Crippen LogP contribution in [0.1, 0.15) is 55.5 Å². The maximum absolute atomic E-state index is 9.02. The van der Waals surface area contributed by atoms with Gasteiger partial charge in [0.05, 0.1) is 23.7 Å². The van der Waals surface area contributed by atoms with Crippen LogP contribution in [0, 0.1) is 11.3 Å². The Balaban J connectivity index is 1.90. The highest BCUT2D eigenvalue weighted by molar-refractivity contribution is 7.80. The highest BCUT2D eigenvalue weighted by Gasteiger charge is 2.27. The molecule has 0 aliphatic heterocycles. The number of hydrogen-bond acceptors (Lipinski definition) is 3. The summed E-state index contributed by atoms with van der Waals surface area (Å²) in [6.45, 7) is 4.43. The fourth-order valence-corrected chi connectivity index (χ4v) is 4.02. The first kappa shape index (κ1) is 23.5. The minimum Gasteiger partial charge on any atom is -0.354 e. The predicted molar refractivity (Wildman–Crippen MR) is 136 cm³/mol. The Morgan fingerprint density at radius 3 is 1.84 bits per heavy atom. The highest BCUT2D eigenvalue weighted by Crippen LogP contribution is 2.30. The maximum atomic E-state index is 9.02. The van der Waals surface area contributed by atoms with Gasteiger partial charge in [0.2, 0.25) is 0 Å². The summed E-state index contributed by atoms with van der Waals surface area (Å²) in [4.78, 5) is 0. The third kappa shape index (κ3) is 6.40. The number of hydrogen-bond donors (Lipinski definition) is 3. The van der Waals surface area contributed by atoms with Crippen LogP contribution in [0.2, 0.25) is 0 Å². The molecule has 0 heterocycles. The van der Waals surface area contributed by atoms with E-state index in [4.69, 9.17) is 17.5 Å². The second-order valence-corrected chi connectivity index (χ2v) is 8.15. The summed E-state index contributed by atoms with van der Waals surface area (Å²) in [6.07, 6.45) is 2.10. The zero-order valence-corrected chi connectivity index (χ0v) is 19.4. The van der Waals surface area contributed by atoms with Crippen LogP contribution >= 0.6 is 12.2 Å². The quantitative estimate of drug-likeness (QED) is 0.349. The molecule has 0 fully saturated rings.